The summed E-state index contributed by atoms with van der Waals surface area (Å²) < 4.78 is 1.83. The molecule has 14 heavy (non-hydrogen) atoms. The van der Waals surface area contributed by atoms with Gasteiger partial charge in [-0.05, 0) is 37.1 Å². The molecule has 0 saturated carbocycles. The minimum Gasteiger partial charge on any atom is -0.299 e. The Bertz CT molecular complexity index is 427. The molecule has 0 radical (unpaired) electrons. The van der Waals surface area contributed by atoms with E-state index >= 15 is 0 Å². The molecule has 0 amide bonds. The van der Waals surface area contributed by atoms with Crippen molar-refractivity contribution in [3.63, 3.8) is 0 Å². The van der Waals surface area contributed by atoms with Crippen LogP contribution in [-0.4, -0.2) is 14.8 Å². The van der Waals surface area contributed by atoms with Gasteiger partial charge in [-0.15, -0.1) is 21.5 Å². The number of hydrogen-bond donors (Lipinski definition) is 0. The lowest BCUT2D eigenvalue weighted by Gasteiger charge is -1.98. The molecular weight excluding hydrogens is 218 g/mol. The van der Waals surface area contributed by atoms with E-state index in [-0.39, 0.29) is 0 Å². The zero-order valence-corrected chi connectivity index (χ0v) is 9.56. The summed E-state index contributed by atoms with van der Waals surface area (Å²) in [4.78, 5) is 2.63. The van der Waals surface area contributed by atoms with Crippen LogP contribution >= 0.6 is 22.9 Å². The van der Waals surface area contributed by atoms with Crippen LogP contribution in [0.15, 0.2) is 12.4 Å². The van der Waals surface area contributed by atoms with Crippen molar-refractivity contribution in [1.82, 2.24) is 14.8 Å². The Morgan fingerprint density at radius 3 is 2.79 bits per heavy atom. The van der Waals surface area contributed by atoms with Gasteiger partial charge in [-0.2, -0.15) is 0 Å². The van der Waals surface area contributed by atoms with E-state index in [1.165, 1.54) is 15.3 Å². The van der Waals surface area contributed by atoms with Gasteiger partial charge in [-0.3, -0.25) is 4.57 Å². The van der Waals surface area contributed by atoms with E-state index in [2.05, 4.69) is 30.1 Å². The molecule has 0 spiro atoms. The normalized spacial score (nSPS) is 10.8. The summed E-state index contributed by atoms with van der Waals surface area (Å²) >= 11 is 7.62. The molecule has 3 nitrogen and oxygen atoms in total. The minimum atomic E-state index is 0.439. The first-order valence-electron chi connectivity index (χ1n) is 4.26. The third-order valence-corrected chi connectivity index (χ3v) is 3.54. The smallest absolute Gasteiger partial charge is 0.225 e. The third kappa shape index (κ3) is 1.81. The lowest BCUT2D eigenvalue weighted by atomic mass is 10.3. The van der Waals surface area contributed by atoms with Crippen molar-refractivity contribution >= 4 is 22.9 Å². The monoisotopic (exact) mass is 227 g/mol. The van der Waals surface area contributed by atoms with Crippen molar-refractivity contribution in [1.29, 1.82) is 0 Å². The number of thiophene rings is 1. The highest BCUT2D eigenvalue weighted by Gasteiger charge is 2.05. The highest BCUT2D eigenvalue weighted by molar-refractivity contribution is 7.12. The van der Waals surface area contributed by atoms with Crippen LogP contribution in [0.2, 0.25) is 5.28 Å². The standard InChI is InChI=1S/C9H10ClN3S/c1-6-3-8(14-7(6)2)4-13-5-11-12-9(13)10/h3,5H,4H2,1-2H3. The highest BCUT2D eigenvalue weighted by atomic mass is 35.5. The summed E-state index contributed by atoms with van der Waals surface area (Å²) in [5, 5.41) is 7.90. The molecule has 0 aromatic carbocycles. The largest absolute Gasteiger partial charge is 0.299 e. The number of aromatic nitrogens is 3. The molecule has 0 aliphatic carbocycles. The first kappa shape index (κ1) is 9.68. The number of aryl methyl sites for hydroxylation is 2. The molecule has 2 heterocycles. The zero-order chi connectivity index (χ0) is 10.1. The van der Waals surface area contributed by atoms with Gasteiger partial charge in [0.25, 0.3) is 0 Å². The van der Waals surface area contributed by atoms with Gasteiger partial charge in [-0.25, -0.2) is 0 Å². The van der Waals surface area contributed by atoms with Crippen LogP contribution in [0.5, 0.6) is 0 Å². The number of rotatable bonds is 2. The highest BCUT2D eigenvalue weighted by Crippen LogP contribution is 2.22. The number of hydrogen-bond acceptors (Lipinski definition) is 3. The molecule has 0 N–H and O–H groups in total. The van der Waals surface area contributed by atoms with Crippen LogP contribution in [0.25, 0.3) is 0 Å². The van der Waals surface area contributed by atoms with Crippen LogP contribution in [0.3, 0.4) is 0 Å². The van der Waals surface area contributed by atoms with Crippen LogP contribution in [0.1, 0.15) is 15.3 Å². The van der Waals surface area contributed by atoms with Gasteiger partial charge in [0.1, 0.15) is 6.33 Å². The van der Waals surface area contributed by atoms with E-state index in [4.69, 9.17) is 11.6 Å². The summed E-state index contributed by atoms with van der Waals surface area (Å²) in [5.41, 5.74) is 1.33. The maximum absolute atomic E-state index is 5.83. The lowest BCUT2D eigenvalue weighted by molar-refractivity contribution is 0.807. The van der Waals surface area contributed by atoms with Crippen molar-refractivity contribution in [2.45, 2.75) is 20.4 Å². The quantitative estimate of drug-likeness (QED) is 0.790. The average Bonchev–Trinajstić information content (AvgIpc) is 2.63. The van der Waals surface area contributed by atoms with E-state index in [0.29, 0.717) is 5.28 Å². The Morgan fingerprint density at radius 2 is 2.29 bits per heavy atom. The van der Waals surface area contributed by atoms with E-state index in [1.807, 2.05) is 4.57 Å². The van der Waals surface area contributed by atoms with E-state index in [1.54, 1.807) is 17.7 Å². The van der Waals surface area contributed by atoms with Gasteiger partial charge in [-0.1, -0.05) is 0 Å². The number of halogens is 1. The van der Waals surface area contributed by atoms with E-state index in [0.717, 1.165) is 6.54 Å². The molecule has 0 atom stereocenters. The Kier molecular flexibility index (Phi) is 2.56. The molecule has 0 aliphatic heterocycles. The van der Waals surface area contributed by atoms with Gasteiger partial charge < -0.3 is 0 Å². The molecule has 2 aromatic rings. The van der Waals surface area contributed by atoms with Crippen molar-refractivity contribution in [2.75, 3.05) is 0 Å². The van der Waals surface area contributed by atoms with Crippen molar-refractivity contribution < 1.29 is 0 Å². The van der Waals surface area contributed by atoms with Gasteiger partial charge in [0.2, 0.25) is 5.28 Å². The predicted molar refractivity (Wildman–Crippen MR) is 57.9 cm³/mol. The van der Waals surface area contributed by atoms with Gasteiger partial charge in [0.05, 0.1) is 6.54 Å². The van der Waals surface area contributed by atoms with Gasteiger partial charge in [0.15, 0.2) is 0 Å². The molecule has 5 heteroatoms. The molecular formula is C9H10ClN3S. The summed E-state index contributed by atoms with van der Waals surface area (Å²) in [6.45, 7) is 4.99. The molecule has 0 bridgehead atoms. The molecule has 74 valence electrons. The van der Waals surface area contributed by atoms with Crippen molar-refractivity contribution in [3.8, 4) is 0 Å². The molecule has 2 aromatic heterocycles. The predicted octanol–water partition coefficient (Wildman–Crippen LogP) is 2.66. The average molecular weight is 228 g/mol. The van der Waals surface area contributed by atoms with E-state index < -0.39 is 0 Å². The Labute approximate surface area is 91.4 Å². The summed E-state index contributed by atoms with van der Waals surface area (Å²) in [6.07, 6.45) is 1.65. The fourth-order valence-corrected chi connectivity index (χ4v) is 2.44. The second-order valence-corrected chi connectivity index (χ2v) is 4.86. The SMILES string of the molecule is Cc1cc(Cn2cnnc2Cl)sc1C. The van der Waals surface area contributed by atoms with E-state index in [9.17, 15) is 0 Å². The van der Waals surface area contributed by atoms with Crippen LogP contribution in [-0.2, 0) is 6.54 Å². The van der Waals surface area contributed by atoms with Crippen LogP contribution in [0, 0.1) is 13.8 Å². The van der Waals surface area contributed by atoms with Crippen LogP contribution in [0.4, 0.5) is 0 Å². The maximum atomic E-state index is 5.83. The summed E-state index contributed by atoms with van der Waals surface area (Å²) in [5.74, 6) is 0. The van der Waals surface area contributed by atoms with Crippen molar-refractivity contribution in [2.24, 2.45) is 0 Å². The first-order chi connectivity index (χ1) is 6.66. The molecule has 0 aliphatic rings. The molecule has 0 saturated heterocycles. The molecule has 0 fully saturated rings. The summed E-state index contributed by atoms with van der Waals surface area (Å²) in [6, 6.07) is 2.18. The Morgan fingerprint density at radius 1 is 1.50 bits per heavy atom. The Hall–Kier alpha value is -0.870. The minimum absolute atomic E-state index is 0.439. The molecule has 2 rings (SSSR count). The second kappa shape index (κ2) is 3.71. The Balaban J connectivity index is 2.23. The van der Waals surface area contributed by atoms with Crippen LogP contribution < -0.4 is 0 Å². The van der Waals surface area contributed by atoms with Gasteiger partial charge in [0, 0.05) is 9.75 Å². The zero-order valence-electron chi connectivity index (χ0n) is 7.99. The summed E-state index contributed by atoms with van der Waals surface area (Å²) in [7, 11) is 0. The van der Waals surface area contributed by atoms with Gasteiger partial charge >= 0.3 is 0 Å². The fraction of sp³-hybridized carbons (Fsp3) is 0.333. The van der Waals surface area contributed by atoms with Crippen molar-refractivity contribution in [3.05, 3.63) is 33.0 Å². The first-order valence-corrected chi connectivity index (χ1v) is 5.45. The number of nitrogens with zero attached hydrogens (tertiary/aromatic N) is 3. The fourth-order valence-electron chi connectivity index (χ4n) is 1.24. The maximum Gasteiger partial charge on any atom is 0.225 e. The topological polar surface area (TPSA) is 30.7 Å². The second-order valence-electron chi connectivity index (χ2n) is 3.18. The third-order valence-electron chi connectivity index (χ3n) is 2.11. The lowest BCUT2D eigenvalue weighted by Crippen LogP contribution is -1.95. The molecule has 0 unspecified atom stereocenters.